The molecule has 4 aliphatic heterocycles. The highest BCUT2D eigenvalue weighted by atomic mass is 28.4. The van der Waals surface area contributed by atoms with Crippen LogP contribution in [0.2, 0.25) is 18.1 Å². The highest BCUT2D eigenvalue weighted by molar-refractivity contribution is 6.74. The first-order valence-corrected chi connectivity index (χ1v) is 15.0. The van der Waals surface area contributed by atoms with Gasteiger partial charge < -0.3 is 23.9 Å². The molecule has 1 aromatic carbocycles. The molecule has 0 unspecified atom stereocenters. The summed E-state index contributed by atoms with van der Waals surface area (Å²) in [5.74, 6) is 2.51. The summed E-state index contributed by atoms with van der Waals surface area (Å²) in [5, 5.41) is 0.112. The Morgan fingerprint density at radius 1 is 1.00 bits per heavy atom. The van der Waals surface area contributed by atoms with E-state index in [9.17, 15) is 0 Å². The first-order chi connectivity index (χ1) is 15.6. The third kappa shape index (κ3) is 3.96. The van der Waals surface area contributed by atoms with Crippen LogP contribution in [0.5, 0.6) is 0 Å². The van der Waals surface area contributed by atoms with Crippen molar-refractivity contribution >= 4 is 25.6 Å². The summed E-state index contributed by atoms with van der Waals surface area (Å²) in [4.78, 5) is 6.98. The van der Waals surface area contributed by atoms with Gasteiger partial charge in [0.05, 0.1) is 24.1 Å². The van der Waals surface area contributed by atoms with Gasteiger partial charge in [0.25, 0.3) is 0 Å². The molecule has 0 amide bonds. The third-order valence-corrected chi connectivity index (χ3v) is 12.5. The van der Waals surface area contributed by atoms with E-state index in [1.165, 1.54) is 17.3 Å². The van der Waals surface area contributed by atoms with Crippen LogP contribution in [0.25, 0.3) is 5.69 Å². The molecular weight excluding hydrogens is 435 g/mol. The lowest BCUT2D eigenvalue weighted by Crippen LogP contribution is -2.52. The average Bonchev–Trinajstić information content (AvgIpc) is 3.32. The largest absolute Gasteiger partial charge is 0.412 e. The summed E-state index contributed by atoms with van der Waals surface area (Å²) in [7, 11) is -0.139. The van der Waals surface area contributed by atoms with Gasteiger partial charge in [-0.1, -0.05) is 32.9 Å². The van der Waals surface area contributed by atoms with E-state index in [1.54, 1.807) is 7.11 Å². The van der Waals surface area contributed by atoms with Gasteiger partial charge >= 0.3 is 0 Å². The SMILES string of the molecule is COC1CN(c2cc3c(N4CCN(c5cccc(CO[Si](C)(C)C(C)(C)C)c5F)CC4)n2-3)C1. The van der Waals surface area contributed by atoms with Crippen LogP contribution in [-0.4, -0.2) is 65.4 Å². The van der Waals surface area contributed by atoms with Gasteiger partial charge in [0.2, 0.25) is 0 Å². The number of methoxy groups -OCH3 is 1. The molecule has 0 aromatic heterocycles. The molecule has 4 heterocycles. The van der Waals surface area contributed by atoms with Crippen LogP contribution < -0.4 is 14.7 Å². The number of rotatable bonds is 7. The molecule has 8 heteroatoms. The Morgan fingerprint density at radius 3 is 2.30 bits per heavy atom. The molecule has 0 bridgehead atoms. The molecule has 180 valence electrons. The van der Waals surface area contributed by atoms with Gasteiger partial charge in [0, 0.05) is 58.0 Å². The number of hydrogen-bond donors (Lipinski definition) is 0. The van der Waals surface area contributed by atoms with Crippen molar-refractivity contribution in [2.24, 2.45) is 0 Å². The Hall–Kier alpha value is -2.03. The van der Waals surface area contributed by atoms with E-state index in [1.807, 2.05) is 18.2 Å². The molecule has 0 saturated carbocycles. The van der Waals surface area contributed by atoms with Crippen molar-refractivity contribution in [1.29, 1.82) is 0 Å². The Labute approximate surface area is 198 Å². The van der Waals surface area contributed by atoms with Gasteiger partial charge in [-0.05, 0) is 24.2 Å². The van der Waals surface area contributed by atoms with Crippen molar-refractivity contribution in [2.75, 3.05) is 61.1 Å². The number of aromatic nitrogens is 1. The van der Waals surface area contributed by atoms with Crippen LogP contribution in [0, 0.1) is 5.82 Å². The summed E-state index contributed by atoms with van der Waals surface area (Å²) >= 11 is 0. The van der Waals surface area contributed by atoms with Crippen LogP contribution >= 0.6 is 0 Å². The lowest BCUT2D eigenvalue weighted by Gasteiger charge is -2.40. The van der Waals surface area contributed by atoms with E-state index in [2.05, 4.69) is 59.2 Å². The quantitative estimate of drug-likeness (QED) is 0.469. The fourth-order valence-electron chi connectivity index (χ4n) is 4.52. The topological polar surface area (TPSA) is 33.1 Å². The van der Waals surface area contributed by atoms with Gasteiger partial charge in [-0.15, -0.1) is 0 Å². The predicted octanol–water partition coefficient (Wildman–Crippen LogP) is 4.61. The summed E-state index contributed by atoms with van der Waals surface area (Å²) in [6.07, 6.45) is 0.361. The second-order valence-corrected chi connectivity index (χ2v) is 15.9. The molecule has 6 nitrogen and oxygen atoms in total. The molecule has 0 spiro atoms. The summed E-state index contributed by atoms with van der Waals surface area (Å²) in [5.41, 5.74) is 2.71. The highest BCUT2D eigenvalue weighted by Gasteiger charge is 2.41. The van der Waals surface area contributed by atoms with Crippen LogP contribution in [0.15, 0.2) is 24.3 Å². The van der Waals surface area contributed by atoms with E-state index < -0.39 is 8.32 Å². The normalized spacial score (nSPS) is 18.7. The molecular formula is C25H37FN4O2Si. The molecule has 0 atom stereocenters. The molecule has 33 heavy (non-hydrogen) atoms. The fourth-order valence-corrected chi connectivity index (χ4v) is 5.47. The summed E-state index contributed by atoms with van der Waals surface area (Å²) in [6.45, 7) is 16.8. The van der Waals surface area contributed by atoms with Crippen molar-refractivity contribution in [1.82, 2.24) is 4.57 Å². The average molecular weight is 473 g/mol. The number of anilines is 3. The number of halogens is 1. The van der Waals surface area contributed by atoms with Crippen LogP contribution in [0.1, 0.15) is 26.3 Å². The summed E-state index contributed by atoms with van der Waals surface area (Å²) < 4.78 is 29.4. The minimum absolute atomic E-state index is 0.112. The Morgan fingerprint density at radius 2 is 1.67 bits per heavy atom. The van der Waals surface area contributed by atoms with Gasteiger partial charge in [-0.2, -0.15) is 0 Å². The fraction of sp³-hybridized carbons (Fsp3) is 0.600. The lowest BCUT2D eigenvalue weighted by atomic mass is 10.1. The predicted molar refractivity (Wildman–Crippen MR) is 135 cm³/mol. The van der Waals surface area contributed by atoms with E-state index in [0.717, 1.165) is 39.3 Å². The standard InChI is InChI=1S/C25H37FN4O2Si/c1-25(2,3)33(5,6)32-17-18-8-7-9-20(23(18)26)27-10-12-28(13-11-27)24-21-14-22(30(21)24)29-15-19(16-29)31-4/h7-9,14,19H,10-13,15-17H2,1-6H3. The van der Waals surface area contributed by atoms with Crippen molar-refractivity contribution < 1.29 is 13.6 Å². The molecule has 5 rings (SSSR count). The van der Waals surface area contributed by atoms with E-state index in [0.29, 0.717) is 24.0 Å². The first-order valence-electron chi connectivity index (χ1n) is 12.1. The Kier molecular flexibility index (Phi) is 5.53. The third-order valence-electron chi connectivity index (χ3n) is 8.01. The Bertz CT molecular complexity index is 1030. The number of fused-ring (bicyclic) bond motifs is 1. The minimum Gasteiger partial charge on any atom is -0.412 e. The van der Waals surface area contributed by atoms with Gasteiger partial charge in [-0.25, -0.2) is 4.39 Å². The van der Waals surface area contributed by atoms with E-state index >= 15 is 4.39 Å². The van der Waals surface area contributed by atoms with Crippen molar-refractivity contribution in [2.45, 2.75) is 51.6 Å². The molecule has 0 aliphatic carbocycles. The van der Waals surface area contributed by atoms with Crippen molar-refractivity contribution in [3.63, 3.8) is 0 Å². The number of piperazine rings is 1. The maximum absolute atomic E-state index is 15.4. The van der Waals surface area contributed by atoms with Crippen LogP contribution in [-0.2, 0) is 15.8 Å². The number of nitrogens with zero attached hydrogens (tertiary/aromatic N) is 4. The van der Waals surface area contributed by atoms with Gasteiger partial charge in [-0.3, -0.25) is 4.57 Å². The molecule has 0 radical (unpaired) electrons. The Balaban J connectivity index is 1.19. The van der Waals surface area contributed by atoms with Crippen LogP contribution in [0.4, 0.5) is 21.7 Å². The van der Waals surface area contributed by atoms with Crippen molar-refractivity contribution in [3.8, 4) is 5.69 Å². The smallest absolute Gasteiger partial charge is 0.192 e. The van der Waals surface area contributed by atoms with Gasteiger partial charge in [0.15, 0.2) is 14.1 Å². The molecule has 2 saturated heterocycles. The van der Waals surface area contributed by atoms with Gasteiger partial charge in [0.1, 0.15) is 11.6 Å². The second kappa shape index (κ2) is 8.03. The zero-order chi connectivity index (χ0) is 23.5. The number of hydrogen-bond acceptors (Lipinski definition) is 5. The second-order valence-electron chi connectivity index (χ2n) is 11.1. The first kappa shape index (κ1) is 22.7. The lowest BCUT2D eigenvalue weighted by molar-refractivity contribution is 0.0780. The zero-order valence-corrected chi connectivity index (χ0v) is 21.8. The maximum atomic E-state index is 15.4. The number of benzene rings is 1. The van der Waals surface area contributed by atoms with E-state index in [-0.39, 0.29) is 10.9 Å². The molecule has 0 N–H and O–H groups in total. The van der Waals surface area contributed by atoms with E-state index in [4.69, 9.17) is 9.16 Å². The number of ether oxygens (including phenoxy) is 1. The molecule has 1 aromatic rings. The molecule has 2 fully saturated rings. The summed E-state index contributed by atoms with van der Waals surface area (Å²) in [6, 6.07) is 8.01. The highest BCUT2D eigenvalue weighted by Crippen LogP contribution is 2.51. The minimum atomic E-state index is -1.92. The van der Waals surface area contributed by atoms with Crippen molar-refractivity contribution in [3.05, 3.63) is 35.6 Å². The van der Waals surface area contributed by atoms with Crippen LogP contribution in [0.3, 0.4) is 0 Å². The monoisotopic (exact) mass is 472 g/mol. The molecule has 4 aliphatic rings. The maximum Gasteiger partial charge on any atom is 0.192 e. The zero-order valence-electron chi connectivity index (χ0n) is 20.8.